The number of nitrogens with zero attached hydrogens (tertiary/aromatic N) is 2. The highest BCUT2D eigenvalue weighted by Gasteiger charge is 2.12. The Labute approximate surface area is 194 Å². The van der Waals surface area contributed by atoms with Gasteiger partial charge >= 0.3 is 0 Å². The maximum atomic E-state index is 5.32. The maximum absolute atomic E-state index is 5.32. The van der Waals surface area contributed by atoms with Gasteiger partial charge in [0, 0.05) is 41.5 Å². The van der Waals surface area contributed by atoms with Crippen LogP contribution in [0.15, 0.2) is 102 Å². The Bertz CT molecular complexity index is 1180. The predicted molar refractivity (Wildman–Crippen MR) is 134 cm³/mol. The van der Waals surface area contributed by atoms with Crippen molar-refractivity contribution in [1.82, 2.24) is 0 Å². The third-order valence-corrected chi connectivity index (χ3v) is 5.20. The minimum absolute atomic E-state index is 0.704. The number of para-hydroxylation sites is 1. The van der Waals surface area contributed by atoms with E-state index in [1.807, 2.05) is 54.7 Å². The van der Waals surface area contributed by atoms with Crippen LogP contribution in [0.4, 0.5) is 22.7 Å². The molecule has 0 fully saturated rings. The maximum Gasteiger partial charge on any atom is 0.124 e. The molecule has 4 rings (SSSR count). The summed E-state index contributed by atoms with van der Waals surface area (Å²) in [7, 11) is 4.93. The fraction of sp³-hybridized carbons (Fsp3) is 0.107. The molecular weight excluding hydrogens is 412 g/mol. The molecule has 0 saturated heterocycles. The van der Waals surface area contributed by atoms with Crippen LogP contribution in [0, 0.1) is 0 Å². The standard InChI is InChI=1S/C28H26N2O3/c1-31-26-15-13-25(14-16-26)30(23-7-5-4-6-8-23)24-11-9-21(10-12-24)20-29-22-17-27(32-2)19-28(18-22)33-3/h4-20H,1-3H3. The highest BCUT2D eigenvalue weighted by molar-refractivity contribution is 5.84. The minimum atomic E-state index is 0.704. The van der Waals surface area contributed by atoms with Gasteiger partial charge in [0.2, 0.25) is 0 Å². The van der Waals surface area contributed by atoms with Gasteiger partial charge in [0.25, 0.3) is 0 Å². The van der Waals surface area contributed by atoms with Crippen molar-refractivity contribution in [2.24, 2.45) is 4.99 Å². The van der Waals surface area contributed by atoms with E-state index in [0.717, 1.165) is 34.1 Å². The topological polar surface area (TPSA) is 43.3 Å². The molecule has 0 N–H and O–H groups in total. The number of rotatable bonds is 8. The Morgan fingerprint density at radius 2 is 1.09 bits per heavy atom. The summed E-state index contributed by atoms with van der Waals surface area (Å²) in [5, 5.41) is 0. The normalized spacial score (nSPS) is 10.8. The molecule has 0 unspecified atom stereocenters. The smallest absolute Gasteiger partial charge is 0.124 e. The molecule has 166 valence electrons. The zero-order valence-corrected chi connectivity index (χ0v) is 18.9. The average molecular weight is 439 g/mol. The Morgan fingerprint density at radius 3 is 1.64 bits per heavy atom. The summed E-state index contributed by atoms with van der Waals surface area (Å²) >= 11 is 0. The van der Waals surface area contributed by atoms with Crippen LogP contribution >= 0.6 is 0 Å². The van der Waals surface area contributed by atoms with Gasteiger partial charge in [-0.15, -0.1) is 0 Å². The molecule has 0 bridgehead atoms. The number of methoxy groups -OCH3 is 3. The second-order valence-corrected chi connectivity index (χ2v) is 7.29. The Morgan fingerprint density at radius 1 is 0.576 bits per heavy atom. The van der Waals surface area contributed by atoms with Gasteiger partial charge in [-0.05, 0) is 54.1 Å². The largest absolute Gasteiger partial charge is 0.497 e. The van der Waals surface area contributed by atoms with Crippen molar-refractivity contribution in [2.75, 3.05) is 26.2 Å². The van der Waals surface area contributed by atoms with E-state index in [4.69, 9.17) is 14.2 Å². The number of hydrogen-bond donors (Lipinski definition) is 0. The quantitative estimate of drug-likeness (QED) is 0.280. The molecule has 0 spiro atoms. The van der Waals surface area contributed by atoms with E-state index < -0.39 is 0 Å². The van der Waals surface area contributed by atoms with E-state index in [9.17, 15) is 0 Å². The van der Waals surface area contributed by atoms with Crippen molar-refractivity contribution in [3.05, 3.63) is 103 Å². The molecule has 4 aromatic rings. The van der Waals surface area contributed by atoms with Gasteiger partial charge in [-0.25, -0.2) is 0 Å². The first-order valence-corrected chi connectivity index (χ1v) is 10.6. The van der Waals surface area contributed by atoms with Crippen molar-refractivity contribution in [3.8, 4) is 17.2 Å². The number of aliphatic imine (C=N–C) groups is 1. The SMILES string of the molecule is COc1ccc(N(c2ccccc2)c2ccc(C=Nc3cc(OC)cc(OC)c3)cc2)cc1. The van der Waals surface area contributed by atoms with Crippen molar-refractivity contribution in [3.63, 3.8) is 0 Å². The molecule has 0 aliphatic heterocycles. The van der Waals surface area contributed by atoms with Gasteiger partial charge in [-0.1, -0.05) is 30.3 Å². The van der Waals surface area contributed by atoms with Crippen molar-refractivity contribution >= 4 is 29.0 Å². The zero-order valence-electron chi connectivity index (χ0n) is 18.9. The summed E-state index contributed by atoms with van der Waals surface area (Å²) in [5.74, 6) is 2.23. The van der Waals surface area contributed by atoms with Crippen LogP contribution in [0.25, 0.3) is 0 Å². The van der Waals surface area contributed by atoms with Crippen LogP contribution in [0.5, 0.6) is 17.2 Å². The van der Waals surface area contributed by atoms with Crippen molar-refractivity contribution in [2.45, 2.75) is 0 Å². The lowest BCUT2D eigenvalue weighted by Crippen LogP contribution is -2.09. The third kappa shape index (κ3) is 5.33. The third-order valence-electron chi connectivity index (χ3n) is 5.20. The fourth-order valence-electron chi connectivity index (χ4n) is 3.48. The van der Waals surface area contributed by atoms with E-state index >= 15 is 0 Å². The molecule has 5 heteroatoms. The lowest BCUT2D eigenvalue weighted by atomic mass is 10.1. The van der Waals surface area contributed by atoms with Crippen LogP contribution < -0.4 is 19.1 Å². The van der Waals surface area contributed by atoms with Gasteiger partial charge in [-0.3, -0.25) is 4.99 Å². The molecule has 0 aromatic heterocycles. The first-order chi connectivity index (χ1) is 16.2. The highest BCUT2D eigenvalue weighted by atomic mass is 16.5. The summed E-state index contributed by atoms with van der Waals surface area (Å²) in [6.07, 6.45) is 1.83. The zero-order chi connectivity index (χ0) is 23.0. The summed E-state index contributed by atoms with van der Waals surface area (Å²) in [6, 6.07) is 32.2. The van der Waals surface area contributed by atoms with Crippen LogP contribution in [0.3, 0.4) is 0 Å². The fourth-order valence-corrected chi connectivity index (χ4v) is 3.48. The van der Waals surface area contributed by atoms with Gasteiger partial charge in [-0.2, -0.15) is 0 Å². The number of anilines is 3. The molecule has 0 radical (unpaired) electrons. The molecule has 4 aromatic carbocycles. The number of benzene rings is 4. The Hall–Kier alpha value is -4.25. The van der Waals surface area contributed by atoms with Gasteiger partial charge < -0.3 is 19.1 Å². The molecule has 0 atom stereocenters. The summed E-state index contributed by atoms with van der Waals surface area (Å²) in [5.41, 5.74) is 4.92. The van der Waals surface area contributed by atoms with Gasteiger partial charge in [0.05, 0.1) is 27.0 Å². The molecule has 0 heterocycles. The van der Waals surface area contributed by atoms with E-state index in [0.29, 0.717) is 11.5 Å². The Balaban J connectivity index is 1.62. The van der Waals surface area contributed by atoms with E-state index in [-0.39, 0.29) is 0 Å². The second kappa shape index (κ2) is 10.4. The minimum Gasteiger partial charge on any atom is -0.497 e. The van der Waals surface area contributed by atoms with E-state index in [2.05, 4.69) is 58.4 Å². The molecule has 33 heavy (non-hydrogen) atoms. The van der Waals surface area contributed by atoms with Crippen LogP contribution in [0.1, 0.15) is 5.56 Å². The Kier molecular flexibility index (Phi) is 6.90. The van der Waals surface area contributed by atoms with E-state index in [1.165, 1.54) is 0 Å². The van der Waals surface area contributed by atoms with Crippen molar-refractivity contribution in [1.29, 1.82) is 0 Å². The first-order valence-electron chi connectivity index (χ1n) is 10.6. The molecule has 0 amide bonds. The molecule has 0 aliphatic rings. The van der Waals surface area contributed by atoms with Gasteiger partial charge in [0.1, 0.15) is 17.2 Å². The van der Waals surface area contributed by atoms with Crippen LogP contribution in [0.2, 0.25) is 0 Å². The highest BCUT2D eigenvalue weighted by Crippen LogP contribution is 2.35. The van der Waals surface area contributed by atoms with Crippen LogP contribution in [-0.4, -0.2) is 27.5 Å². The molecule has 0 aliphatic carbocycles. The lowest BCUT2D eigenvalue weighted by molar-refractivity contribution is 0.394. The van der Waals surface area contributed by atoms with E-state index in [1.54, 1.807) is 21.3 Å². The molecular formula is C28H26N2O3. The summed E-state index contributed by atoms with van der Waals surface area (Å²) < 4.78 is 16.0. The van der Waals surface area contributed by atoms with Gasteiger partial charge in [0.15, 0.2) is 0 Å². The number of hydrogen-bond acceptors (Lipinski definition) is 5. The molecule has 5 nitrogen and oxygen atoms in total. The van der Waals surface area contributed by atoms with Crippen molar-refractivity contribution < 1.29 is 14.2 Å². The summed E-state index contributed by atoms with van der Waals surface area (Å²) in [6.45, 7) is 0. The summed E-state index contributed by atoms with van der Waals surface area (Å²) in [4.78, 5) is 6.79. The first kappa shape index (κ1) is 22.0. The second-order valence-electron chi connectivity index (χ2n) is 7.29. The molecule has 0 saturated carbocycles. The lowest BCUT2D eigenvalue weighted by Gasteiger charge is -2.25. The number of ether oxygens (including phenoxy) is 3. The predicted octanol–water partition coefficient (Wildman–Crippen LogP) is 6.93. The average Bonchev–Trinajstić information content (AvgIpc) is 2.89. The monoisotopic (exact) mass is 438 g/mol. The van der Waals surface area contributed by atoms with Crippen LogP contribution in [-0.2, 0) is 0 Å².